The quantitative estimate of drug-likeness (QED) is 0.712. The number of hydrogen-bond acceptors (Lipinski definition) is 7. The molecule has 7 nitrogen and oxygen atoms in total. The second kappa shape index (κ2) is 8.35. The molecule has 1 aliphatic heterocycles. The second-order valence-corrected chi connectivity index (χ2v) is 6.93. The van der Waals surface area contributed by atoms with Crippen LogP contribution in [0.4, 0.5) is 0 Å². The number of ether oxygens (including phenoxy) is 3. The first kappa shape index (κ1) is 19.8. The van der Waals surface area contributed by atoms with Crippen molar-refractivity contribution >= 4 is 28.6 Å². The van der Waals surface area contributed by atoms with Crippen LogP contribution in [0.1, 0.15) is 26.3 Å². The number of aromatic carboxylic acids is 1. The SMILES string of the molecule is COc1cc(C(=O)C2CSC(c3ccc(C(=O)O)cc3)=N2)cc(OC)c1OC. The molecule has 1 heterocycles. The van der Waals surface area contributed by atoms with Crippen molar-refractivity contribution in [3.63, 3.8) is 0 Å². The largest absolute Gasteiger partial charge is 0.493 e. The summed E-state index contributed by atoms with van der Waals surface area (Å²) >= 11 is 1.46. The minimum absolute atomic E-state index is 0.149. The van der Waals surface area contributed by atoms with Crippen molar-refractivity contribution in [2.75, 3.05) is 27.1 Å². The Morgan fingerprint density at radius 2 is 1.61 bits per heavy atom. The van der Waals surface area contributed by atoms with Gasteiger partial charge in [-0.2, -0.15) is 0 Å². The third-order valence-electron chi connectivity index (χ3n) is 4.28. The molecule has 0 fully saturated rings. The van der Waals surface area contributed by atoms with Gasteiger partial charge < -0.3 is 19.3 Å². The molecule has 1 aliphatic rings. The number of carboxylic acid groups (broad SMARTS) is 1. The van der Waals surface area contributed by atoms with E-state index in [1.807, 2.05) is 0 Å². The molecular weight excluding hydrogens is 382 g/mol. The van der Waals surface area contributed by atoms with Gasteiger partial charge >= 0.3 is 5.97 Å². The number of Topliss-reactive ketones (excluding diaryl/α,β-unsaturated/α-hetero) is 1. The number of ketones is 1. The van der Waals surface area contributed by atoms with Gasteiger partial charge in [0.2, 0.25) is 5.75 Å². The van der Waals surface area contributed by atoms with Crippen molar-refractivity contribution in [3.8, 4) is 17.2 Å². The van der Waals surface area contributed by atoms with Crippen molar-refractivity contribution in [2.24, 2.45) is 4.99 Å². The van der Waals surface area contributed by atoms with Crippen LogP contribution in [-0.4, -0.2) is 55.0 Å². The van der Waals surface area contributed by atoms with Crippen LogP contribution < -0.4 is 14.2 Å². The average molecular weight is 401 g/mol. The molecular formula is C20H19NO6S. The van der Waals surface area contributed by atoms with Gasteiger partial charge in [-0.05, 0) is 24.3 Å². The van der Waals surface area contributed by atoms with Crippen molar-refractivity contribution in [1.29, 1.82) is 0 Å². The van der Waals surface area contributed by atoms with Crippen LogP contribution in [-0.2, 0) is 0 Å². The van der Waals surface area contributed by atoms with Crippen LogP contribution in [0.3, 0.4) is 0 Å². The molecule has 0 radical (unpaired) electrons. The lowest BCUT2D eigenvalue weighted by atomic mass is 10.0. The third kappa shape index (κ3) is 3.82. The summed E-state index contributed by atoms with van der Waals surface area (Å²) in [5.74, 6) is 0.608. The zero-order chi connectivity index (χ0) is 20.3. The molecule has 8 heteroatoms. The van der Waals surface area contributed by atoms with Crippen molar-refractivity contribution in [2.45, 2.75) is 6.04 Å². The first-order chi connectivity index (χ1) is 13.5. The van der Waals surface area contributed by atoms with E-state index in [9.17, 15) is 9.59 Å². The molecule has 2 aromatic carbocycles. The van der Waals surface area contributed by atoms with Gasteiger partial charge in [-0.15, -0.1) is 11.8 Å². The van der Waals surface area contributed by atoms with Gasteiger partial charge in [-0.25, -0.2) is 4.79 Å². The minimum Gasteiger partial charge on any atom is -0.493 e. The number of carboxylic acids is 1. The highest BCUT2D eigenvalue weighted by Crippen LogP contribution is 2.39. The molecule has 2 aromatic rings. The Bertz CT molecular complexity index is 913. The molecule has 0 aromatic heterocycles. The Morgan fingerprint density at radius 3 is 2.11 bits per heavy atom. The van der Waals surface area contributed by atoms with E-state index >= 15 is 0 Å². The number of methoxy groups -OCH3 is 3. The summed E-state index contributed by atoms with van der Waals surface area (Å²) in [6.07, 6.45) is 0. The van der Waals surface area contributed by atoms with Crippen LogP contribution in [0.2, 0.25) is 0 Å². The van der Waals surface area contributed by atoms with Gasteiger partial charge in [0.15, 0.2) is 17.3 Å². The van der Waals surface area contributed by atoms with Gasteiger partial charge in [0.25, 0.3) is 0 Å². The predicted octanol–water partition coefficient (Wildman–Crippen LogP) is 3.16. The van der Waals surface area contributed by atoms with Gasteiger partial charge in [0.05, 0.1) is 31.9 Å². The highest BCUT2D eigenvalue weighted by molar-refractivity contribution is 8.14. The molecule has 0 spiro atoms. The Labute approximate surface area is 166 Å². The molecule has 1 unspecified atom stereocenters. The molecule has 0 saturated heterocycles. The zero-order valence-corrected chi connectivity index (χ0v) is 16.4. The van der Waals surface area contributed by atoms with E-state index in [2.05, 4.69) is 4.99 Å². The third-order valence-corrected chi connectivity index (χ3v) is 5.38. The standard InChI is InChI=1S/C20H19NO6S/c1-25-15-8-13(9-16(26-2)18(15)27-3)17(22)14-10-28-19(21-14)11-4-6-12(7-5-11)20(23)24/h4-9,14H,10H2,1-3H3,(H,23,24). The smallest absolute Gasteiger partial charge is 0.335 e. The first-order valence-corrected chi connectivity index (χ1v) is 9.35. The van der Waals surface area contributed by atoms with Crippen molar-refractivity contribution < 1.29 is 28.9 Å². The molecule has 28 heavy (non-hydrogen) atoms. The van der Waals surface area contributed by atoms with Crippen LogP contribution in [0.25, 0.3) is 0 Å². The van der Waals surface area contributed by atoms with E-state index in [1.54, 1.807) is 24.3 Å². The fourth-order valence-electron chi connectivity index (χ4n) is 2.84. The van der Waals surface area contributed by atoms with Crippen molar-refractivity contribution in [1.82, 2.24) is 0 Å². The molecule has 0 amide bonds. The van der Waals surface area contributed by atoms with Gasteiger partial charge in [-0.1, -0.05) is 12.1 Å². The monoisotopic (exact) mass is 401 g/mol. The molecule has 0 saturated carbocycles. The summed E-state index contributed by atoms with van der Waals surface area (Å²) in [4.78, 5) is 28.5. The number of aliphatic imine (C=N–C) groups is 1. The summed E-state index contributed by atoms with van der Waals surface area (Å²) in [7, 11) is 4.49. The molecule has 146 valence electrons. The zero-order valence-electron chi connectivity index (χ0n) is 15.6. The lowest BCUT2D eigenvalue weighted by Crippen LogP contribution is -2.19. The van der Waals surface area contributed by atoms with Gasteiger partial charge in [0.1, 0.15) is 6.04 Å². The maximum atomic E-state index is 13.0. The predicted molar refractivity (Wildman–Crippen MR) is 107 cm³/mol. The number of carbonyl (C=O) groups excluding carboxylic acids is 1. The summed E-state index contributed by atoms with van der Waals surface area (Å²) in [5, 5.41) is 9.71. The van der Waals surface area contributed by atoms with E-state index in [4.69, 9.17) is 19.3 Å². The molecule has 3 rings (SSSR count). The van der Waals surface area contributed by atoms with Crippen LogP contribution in [0.5, 0.6) is 17.2 Å². The highest BCUT2D eigenvalue weighted by Gasteiger charge is 2.28. The van der Waals surface area contributed by atoms with Crippen LogP contribution in [0.15, 0.2) is 41.4 Å². The first-order valence-electron chi connectivity index (χ1n) is 8.37. The highest BCUT2D eigenvalue weighted by atomic mass is 32.2. The maximum Gasteiger partial charge on any atom is 0.335 e. The van der Waals surface area contributed by atoms with E-state index < -0.39 is 12.0 Å². The Kier molecular flexibility index (Phi) is 5.89. The van der Waals surface area contributed by atoms with E-state index in [0.29, 0.717) is 33.6 Å². The summed E-state index contributed by atoms with van der Waals surface area (Å²) in [6, 6.07) is 9.13. The van der Waals surface area contributed by atoms with Crippen LogP contribution in [0, 0.1) is 0 Å². The van der Waals surface area contributed by atoms with Gasteiger partial charge in [-0.3, -0.25) is 9.79 Å². The maximum absolute atomic E-state index is 13.0. The Hall–Kier alpha value is -3.00. The Balaban J connectivity index is 1.86. The van der Waals surface area contributed by atoms with E-state index in [1.165, 1.54) is 45.2 Å². The average Bonchev–Trinajstić information content (AvgIpc) is 3.22. The summed E-state index contributed by atoms with van der Waals surface area (Å²) in [5.41, 5.74) is 1.42. The number of benzene rings is 2. The molecule has 1 atom stereocenters. The number of nitrogens with zero attached hydrogens (tertiary/aromatic N) is 1. The lowest BCUT2D eigenvalue weighted by molar-refractivity contribution is 0.0696. The minimum atomic E-state index is -0.983. The van der Waals surface area contributed by atoms with E-state index in [0.717, 1.165) is 5.56 Å². The fraction of sp³-hybridized carbons (Fsp3) is 0.250. The Morgan fingerprint density at radius 1 is 1.00 bits per heavy atom. The topological polar surface area (TPSA) is 94.4 Å². The summed E-state index contributed by atoms with van der Waals surface area (Å²) < 4.78 is 15.9. The number of rotatable bonds is 7. The molecule has 1 N–H and O–H groups in total. The second-order valence-electron chi connectivity index (χ2n) is 5.92. The molecule has 0 bridgehead atoms. The van der Waals surface area contributed by atoms with Crippen molar-refractivity contribution in [3.05, 3.63) is 53.1 Å². The molecule has 0 aliphatic carbocycles. The van der Waals surface area contributed by atoms with Crippen LogP contribution >= 0.6 is 11.8 Å². The van der Waals surface area contributed by atoms with E-state index in [-0.39, 0.29) is 11.3 Å². The number of hydrogen-bond donors (Lipinski definition) is 1. The summed E-state index contributed by atoms with van der Waals surface area (Å²) in [6.45, 7) is 0. The lowest BCUT2D eigenvalue weighted by Gasteiger charge is -2.14. The van der Waals surface area contributed by atoms with Gasteiger partial charge in [0, 0.05) is 16.9 Å². The fourth-order valence-corrected chi connectivity index (χ4v) is 3.88. The normalized spacial score (nSPS) is 15.7. The number of thioether (sulfide) groups is 1. The number of carbonyl (C=O) groups is 2.